The van der Waals surface area contributed by atoms with Crippen LogP contribution in [-0.4, -0.2) is 22.1 Å². The molecular weight excluding hydrogens is 123 g/mol. The number of hydrogen-bond donors (Lipinski definition) is 0. The number of benzene rings is 1. The van der Waals surface area contributed by atoms with Crippen LogP contribution in [0, 0.1) is 0 Å². The molecule has 0 amide bonds. The van der Waals surface area contributed by atoms with Gasteiger partial charge < -0.3 is 0 Å². The summed E-state index contributed by atoms with van der Waals surface area (Å²) in [5.41, 5.74) is 0. The van der Waals surface area contributed by atoms with Gasteiger partial charge in [0.15, 0.2) is 0 Å². The average Bonchev–Trinajstić information content (AvgIpc) is 1.91. The van der Waals surface area contributed by atoms with Crippen LogP contribution in [0.5, 0.6) is 0 Å². The van der Waals surface area contributed by atoms with Crippen LogP contribution >= 0.6 is 11.8 Å². The Bertz CT molecular complexity index is 162. The maximum atomic E-state index is 2.16. The summed E-state index contributed by atoms with van der Waals surface area (Å²) in [5, 5.41) is 0. The zero-order valence-corrected chi connectivity index (χ0v) is 6.32. The molecule has 1 aromatic rings. The summed E-state index contributed by atoms with van der Waals surface area (Å²) in [6.45, 7) is 0. The van der Waals surface area contributed by atoms with Crippen molar-refractivity contribution in [1.29, 1.82) is 0 Å². The molecule has 0 aliphatic rings. The van der Waals surface area contributed by atoms with Crippen molar-refractivity contribution in [3.63, 3.8) is 0 Å². The molecular formula is C7H7LiS. The van der Waals surface area contributed by atoms with Crippen molar-refractivity contribution >= 4 is 29.5 Å². The molecule has 1 aromatic carbocycles. The Morgan fingerprint density at radius 3 is 2.44 bits per heavy atom. The summed E-state index contributed by atoms with van der Waals surface area (Å²) in [6.07, 6.45) is 0. The van der Waals surface area contributed by atoms with Crippen LogP contribution in [0.1, 0.15) is 0 Å². The zero-order chi connectivity index (χ0) is 6.53. The van der Waals surface area contributed by atoms with E-state index in [0.29, 0.717) is 0 Å². The van der Waals surface area contributed by atoms with Crippen LogP contribution < -0.4 is 0 Å². The van der Waals surface area contributed by atoms with Crippen LogP contribution in [0.3, 0.4) is 0 Å². The van der Waals surface area contributed by atoms with E-state index in [0.717, 1.165) is 4.43 Å². The van der Waals surface area contributed by atoms with Crippen LogP contribution in [0.4, 0.5) is 0 Å². The standard InChI is InChI=1S/C7H7S.Li/c1-8-7-5-3-2-4-6-7;/h2-6H,1H2;. The predicted octanol–water partition coefficient (Wildman–Crippen LogP) is 1.90. The SMILES string of the molecule is [Li][CH2]Sc1ccccc1. The average molecular weight is 130 g/mol. The molecule has 0 heterocycles. The summed E-state index contributed by atoms with van der Waals surface area (Å²) in [6, 6.07) is 10.4. The van der Waals surface area contributed by atoms with E-state index in [9.17, 15) is 0 Å². The molecule has 0 saturated heterocycles. The zero-order valence-electron chi connectivity index (χ0n) is 5.50. The number of thioether (sulfide) groups is 1. The number of hydrogen-bond acceptors (Lipinski definition) is 1. The van der Waals surface area contributed by atoms with Crippen molar-refractivity contribution in [2.45, 2.75) is 4.90 Å². The molecule has 0 unspecified atom stereocenters. The van der Waals surface area contributed by atoms with Gasteiger partial charge >= 0.3 is 69.1 Å². The molecule has 0 bridgehead atoms. The fourth-order valence-corrected chi connectivity index (χ4v) is 1.37. The Morgan fingerprint density at radius 1 is 1.22 bits per heavy atom. The van der Waals surface area contributed by atoms with Gasteiger partial charge in [0.05, 0.1) is 0 Å². The van der Waals surface area contributed by atoms with E-state index in [4.69, 9.17) is 0 Å². The molecule has 0 radical (unpaired) electrons. The van der Waals surface area contributed by atoms with Gasteiger partial charge in [-0.15, -0.1) is 0 Å². The molecule has 9 heavy (non-hydrogen) atoms. The quantitative estimate of drug-likeness (QED) is 0.435. The topological polar surface area (TPSA) is 0 Å². The first-order valence-electron chi connectivity index (χ1n) is 3.11. The minimum absolute atomic E-state index is 1.16. The first-order valence-corrected chi connectivity index (χ1v) is 4.10. The molecule has 0 saturated carbocycles. The fourth-order valence-electron chi connectivity index (χ4n) is 0.683. The molecule has 0 aliphatic heterocycles. The van der Waals surface area contributed by atoms with Crippen molar-refractivity contribution in [1.82, 2.24) is 0 Å². The Labute approximate surface area is 69.2 Å². The summed E-state index contributed by atoms with van der Waals surface area (Å²) < 4.78 is 1.16. The van der Waals surface area contributed by atoms with E-state index in [2.05, 4.69) is 42.0 Å². The molecule has 0 spiro atoms. The summed E-state index contributed by atoms with van der Waals surface area (Å²) in [4.78, 5) is 1.36. The van der Waals surface area contributed by atoms with Gasteiger partial charge in [-0.1, -0.05) is 0 Å². The molecule has 0 atom stereocenters. The summed E-state index contributed by atoms with van der Waals surface area (Å²) in [7, 11) is 0. The molecule has 0 N–H and O–H groups in total. The van der Waals surface area contributed by atoms with E-state index in [1.165, 1.54) is 4.90 Å². The van der Waals surface area contributed by atoms with Crippen molar-refractivity contribution in [2.24, 2.45) is 0 Å². The number of rotatable bonds is 2. The van der Waals surface area contributed by atoms with Gasteiger partial charge in [0.2, 0.25) is 0 Å². The van der Waals surface area contributed by atoms with Gasteiger partial charge in [0.25, 0.3) is 0 Å². The summed E-state index contributed by atoms with van der Waals surface area (Å²) >= 11 is 4.04. The van der Waals surface area contributed by atoms with E-state index >= 15 is 0 Å². The molecule has 0 aromatic heterocycles. The molecule has 1 rings (SSSR count). The fraction of sp³-hybridized carbons (Fsp3) is 0.143. The van der Waals surface area contributed by atoms with Crippen LogP contribution in [0.25, 0.3) is 0 Å². The molecule has 0 aliphatic carbocycles. The normalized spacial score (nSPS) is 9.56. The van der Waals surface area contributed by atoms with Crippen molar-refractivity contribution in [3.8, 4) is 0 Å². The van der Waals surface area contributed by atoms with Crippen LogP contribution in [-0.2, 0) is 0 Å². The van der Waals surface area contributed by atoms with Gasteiger partial charge in [0.1, 0.15) is 0 Å². The molecule has 0 nitrogen and oxygen atoms in total. The van der Waals surface area contributed by atoms with Gasteiger partial charge in [0, 0.05) is 0 Å². The van der Waals surface area contributed by atoms with Gasteiger partial charge in [-0.25, -0.2) is 0 Å². The third-order valence-electron chi connectivity index (χ3n) is 1.05. The third kappa shape index (κ3) is 2.49. The Morgan fingerprint density at radius 2 is 1.89 bits per heavy atom. The Balaban J connectivity index is 2.61. The second-order valence-corrected chi connectivity index (χ2v) is 3.08. The first kappa shape index (κ1) is 7.28. The Hall–Kier alpha value is 0.167. The first-order chi connectivity index (χ1) is 4.43. The minimum atomic E-state index is 1.16. The summed E-state index contributed by atoms with van der Waals surface area (Å²) in [5.74, 6) is 0. The van der Waals surface area contributed by atoms with E-state index in [-0.39, 0.29) is 0 Å². The van der Waals surface area contributed by atoms with Gasteiger partial charge in [-0.2, -0.15) is 0 Å². The molecule has 0 fully saturated rings. The van der Waals surface area contributed by atoms with Crippen LogP contribution in [0.2, 0.25) is 0 Å². The van der Waals surface area contributed by atoms with Crippen molar-refractivity contribution < 1.29 is 0 Å². The molecule has 42 valence electrons. The monoisotopic (exact) mass is 130 g/mol. The van der Waals surface area contributed by atoms with E-state index in [1.807, 2.05) is 17.8 Å². The van der Waals surface area contributed by atoms with Crippen LogP contribution in [0.15, 0.2) is 35.2 Å². The Kier molecular flexibility index (Phi) is 3.28. The van der Waals surface area contributed by atoms with Crippen molar-refractivity contribution in [3.05, 3.63) is 30.3 Å². The van der Waals surface area contributed by atoms with Gasteiger partial charge in [-0.3, -0.25) is 0 Å². The second-order valence-electron chi connectivity index (χ2n) is 1.75. The maximum absolute atomic E-state index is 2.16. The van der Waals surface area contributed by atoms with E-state index < -0.39 is 0 Å². The molecule has 2 heteroatoms. The van der Waals surface area contributed by atoms with E-state index in [1.54, 1.807) is 0 Å². The third-order valence-corrected chi connectivity index (χ3v) is 1.95. The van der Waals surface area contributed by atoms with Gasteiger partial charge in [-0.05, 0) is 0 Å². The predicted molar refractivity (Wildman–Crippen MR) is 42.9 cm³/mol. The van der Waals surface area contributed by atoms with Crippen molar-refractivity contribution in [2.75, 3.05) is 4.43 Å². The second kappa shape index (κ2) is 4.06.